The third-order valence-corrected chi connectivity index (χ3v) is 3.14. The van der Waals surface area contributed by atoms with Crippen LogP contribution in [0, 0.1) is 13.8 Å². The molecule has 1 amide bonds. The summed E-state index contributed by atoms with van der Waals surface area (Å²) < 4.78 is 4.85. The van der Waals surface area contributed by atoms with E-state index in [0.717, 1.165) is 11.1 Å². The van der Waals surface area contributed by atoms with Gasteiger partial charge in [0.1, 0.15) is 0 Å². The van der Waals surface area contributed by atoms with Crippen LogP contribution in [0.5, 0.6) is 0 Å². The van der Waals surface area contributed by atoms with Gasteiger partial charge >= 0.3 is 0 Å². The summed E-state index contributed by atoms with van der Waals surface area (Å²) in [4.78, 5) is 12.8. The molecule has 0 aromatic carbocycles. The zero-order valence-corrected chi connectivity index (χ0v) is 9.53. The van der Waals surface area contributed by atoms with Gasteiger partial charge in [-0.25, -0.2) is 0 Å². The van der Waals surface area contributed by atoms with Gasteiger partial charge in [0.25, 0.3) is 5.91 Å². The lowest BCUT2D eigenvalue weighted by Crippen LogP contribution is -2.27. The first-order valence-corrected chi connectivity index (χ1v) is 5.36. The molecule has 0 unspecified atom stereocenters. The molecular weight excluding hydrogens is 198 g/mol. The number of amides is 1. The summed E-state index contributed by atoms with van der Waals surface area (Å²) in [5.41, 5.74) is 1.86. The van der Waals surface area contributed by atoms with Crippen LogP contribution < -0.4 is 5.32 Å². The summed E-state index contributed by atoms with van der Waals surface area (Å²) in [5, 5.41) is 4.69. The summed E-state index contributed by atoms with van der Waals surface area (Å²) in [6.45, 7) is 5.10. The second kappa shape index (κ2) is 5.12. The van der Waals surface area contributed by atoms with Crippen LogP contribution in [-0.2, 0) is 4.74 Å². The average Bonchev–Trinajstić information content (AvgIpc) is 2.48. The SMILES string of the molecule is COCCNC(=O)c1csc(C)c1C. The van der Waals surface area contributed by atoms with Crippen molar-refractivity contribution >= 4 is 17.2 Å². The molecule has 0 aliphatic carbocycles. The highest BCUT2D eigenvalue weighted by atomic mass is 32.1. The summed E-state index contributed by atoms with van der Waals surface area (Å²) in [5.74, 6) is -0.0103. The standard InChI is InChI=1S/C10H15NO2S/c1-7-8(2)14-6-9(7)10(12)11-4-5-13-3/h6H,4-5H2,1-3H3,(H,11,12). The fourth-order valence-corrected chi connectivity index (χ4v) is 1.96. The van der Waals surface area contributed by atoms with Crippen LogP contribution in [-0.4, -0.2) is 26.2 Å². The van der Waals surface area contributed by atoms with E-state index in [0.29, 0.717) is 13.2 Å². The second-order valence-corrected chi connectivity index (χ2v) is 4.16. The van der Waals surface area contributed by atoms with Gasteiger partial charge in [0.15, 0.2) is 0 Å². The molecule has 0 atom stereocenters. The Morgan fingerprint density at radius 1 is 1.57 bits per heavy atom. The van der Waals surface area contributed by atoms with E-state index >= 15 is 0 Å². The molecule has 0 spiro atoms. The van der Waals surface area contributed by atoms with E-state index in [4.69, 9.17) is 4.74 Å². The number of aryl methyl sites for hydroxylation is 1. The van der Waals surface area contributed by atoms with E-state index in [1.807, 2.05) is 19.2 Å². The number of ether oxygens (including phenoxy) is 1. The quantitative estimate of drug-likeness (QED) is 0.774. The maximum Gasteiger partial charge on any atom is 0.252 e. The molecule has 0 aliphatic heterocycles. The number of hydrogen-bond acceptors (Lipinski definition) is 3. The molecule has 0 fully saturated rings. The van der Waals surface area contributed by atoms with E-state index in [1.165, 1.54) is 4.88 Å². The molecule has 78 valence electrons. The molecule has 0 aliphatic rings. The van der Waals surface area contributed by atoms with Crippen molar-refractivity contribution in [1.29, 1.82) is 0 Å². The molecule has 1 rings (SSSR count). The van der Waals surface area contributed by atoms with E-state index in [-0.39, 0.29) is 5.91 Å². The van der Waals surface area contributed by atoms with E-state index in [1.54, 1.807) is 18.4 Å². The first-order chi connectivity index (χ1) is 6.66. The molecule has 0 saturated carbocycles. The summed E-state index contributed by atoms with van der Waals surface area (Å²) >= 11 is 1.61. The van der Waals surface area contributed by atoms with Gasteiger partial charge in [0.2, 0.25) is 0 Å². The number of thiophene rings is 1. The fourth-order valence-electron chi connectivity index (χ4n) is 1.10. The van der Waals surface area contributed by atoms with Crippen LogP contribution in [0.1, 0.15) is 20.8 Å². The van der Waals surface area contributed by atoms with Gasteiger partial charge in [-0.2, -0.15) is 0 Å². The van der Waals surface area contributed by atoms with Crippen molar-refractivity contribution in [3.05, 3.63) is 21.4 Å². The third kappa shape index (κ3) is 2.56. The minimum absolute atomic E-state index is 0.0103. The minimum atomic E-state index is -0.0103. The maximum absolute atomic E-state index is 11.6. The Hall–Kier alpha value is -0.870. The van der Waals surface area contributed by atoms with E-state index in [9.17, 15) is 4.79 Å². The first-order valence-electron chi connectivity index (χ1n) is 4.48. The molecule has 1 aromatic heterocycles. The van der Waals surface area contributed by atoms with Gasteiger partial charge in [0.05, 0.1) is 12.2 Å². The first kappa shape index (κ1) is 11.2. The Balaban J connectivity index is 2.56. The predicted molar refractivity (Wildman–Crippen MR) is 58.0 cm³/mol. The largest absolute Gasteiger partial charge is 0.383 e. The molecule has 3 nitrogen and oxygen atoms in total. The number of methoxy groups -OCH3 is 1. The van der Waals surface area contributed by atoms with Crippen molar-refractivity contribution in [2.45, 2.75) is 13.8 Å². The zero-order valence-electron chi connectivity index (χ0n) is 8.72. The molecule has 14 heavy (non-hydrogen) atoms. The Labute approximate surface area is 88.1 Å². The summed E-state index contributed by atoms with van der Waals surface area (Å²) in [6.07, 6.45) is 0. The summed E-state index contributed by atoms with van der Waals surface area (Å²) in [6, 6.07) is 0. The average molecular weight is 213 g/mol. The van der Waals surface area contributed by atoms with Crippen molar-refractivity contribution in [2.24, 2.45) is 0 Å². The van der Waals surface area contributed by atoms with Gasteiger partial charge < -0.3 is 10.1 Å². The highest BCUT2D eigenvalue weighted by Crippen LogP contribution is 2.20. The number of carbonyl (C=O) groups excluding carboxylic acids is 1. The predicted octanol–water partition coefficient (Wildman–Crippen LogP) is 1.74. The molecule has 4 heteroatoms. The molecule has 1 N–H and O–H groups in total. The number of rotatable bonds is 4. The molecule has 0 saturated heterocycles. The monoisotopic (exact) mass is 213 g/mol. The van der Waals surface area contributed by atoms with Crippen molar-refractivity contribution in [3.8, 4) is 0 Å². The maximum atomic E-state index is 11.6. The highest BCUT2D eigenvalue weighted by molar-refractivity contribution is 7.10. The lowest BCUT2D eigenvalue weighted by atomic mass is 10.2. The Kier molecular flexibility index (Phi) is 4.10. The third-order valence-electron chi connectivity index (χ3n) is 2.12. The van der Waals surface area contributed by atoms with Crippen molar-refractivity contribution in [3.63, 3.8) is 0 Å². The van der Waals surface area contributed by atoms with Gasteiger partial charge in [-0.15, -0.1) is 11.3 Å². The smallest absolute Gasteiger partial charge is 0.252 e. The molecule has 0 radical (unpaired) electrons. The normalized spacial score (nSPS) is 10.2. The molecule has 1 heterocycles. The van der Waals surface area contributed by atoms with Crippen LogP contribution >= 0.6 is 11.3 Å². The highest BCUT2D eigenvalue weighted by Gasteiger charge is 2.11. The Morgan fingerprint density at radius 3 is 2.79 bits per heavy atom. The van der Waals surface area contributed by atoms with E-state index in [2.05, 4.69) is 5.32 Å². The number of hydrogen-bond donors (Lipinski definition) is 1. The van der Waals surface area contributed by atoms with Crippen molar-refractivity contribution < 1.29 is 9.53 Å². The van der Waals surface area contributed by atoms with Gasteiger partial charge in [-0.05, 0) is 19.4 Å². The molecular formula is C10H15NO2S. The van der Waals surface area contributed by atoms with Gasteiger partial charge in [-0.1, -0.05) is 0 Å². The molecule has 1 aromatic rings. The van der Waals surface area contributed by atoms with Crippen LogP contribution in [0.3, 0.4) is 0 Å². The Bertz CT molecular complexity index is 320. The lowest BCUT2D eigenvalue weighted by Gasteiger charge is -2.03. The van der Waals surface area contributed by atoms with Crippen LogP contribution in [0.15, 0.2) is 5.38 Å². The fraction of sp³-hybridized carbons (Fsp3) is 0.500. The lowest BCUT2D eigenvalue weighted by molar-refractivity contribution is 0.0937. The summed E-state index contributed by atoms with van der Waals surface area (Å²) in [7, 11) is 1.62. The van der Waals surface area contributed by atoms with Crippen LogP contribution in [0.25, 0.3) is 0 Å². The van der Waals surface area contributed by atoms with Crippen molar-refractivity contribution in [2.75, 3.05) is 20.3 Å². The van der Waals surface area contributed by atoms with Crippen LogP contribution in [0.4, 0.5) is 0 Å². The molecule has 0 bridgehead atoms. The van der Waals surface area contributed by atoms with Crippen LogP contribution in [0.2, 0.25) is 0 Å². The van der Waals surface area contributed by atoms with Crippen molar-refractivity contribution in [1.82, 2.24) is 5.32 Å². The number of nitrogens with one attached hydrogen (secondary N) is 1. The van der Waals surface area contributed by atoms with E-state index < -0.39 is 0 Å². The van der Waals surface area contributed by atoms with Gasteiger partial charge in [0, 0.05) is 23.9 Å². The second-order valence-electron chi connectivity index (χ2n) is 3.08. The zero-order chi connectivity index (χ0) is 10.6. The number of carbonyl (C=O) groups is 1. The minimum Gasteiger partial charge on any atom is -0.383 e. The topological polar surface area (TPSA) is 38.3 Å². The van der Waals surface area contributed by atoms with Gasteiger partial charge in [-0.3, -0.25) is 4.79 Å². The Morgan fingerprint density at radius 2 is 2.29 bits per heavy atom.